The van der Waals surface area contributed by atoms with Crippen molar-refractivity contribution in [2.45, 2.75) is 19.4 Å². The molecule has 0 aliphatic heterocycles. The van der Waals surface area contributed by atoms with Gasteiger partial charge in [-0.2, -0.15) is 0 Å². The van der Waals surface area contributed by atoms with Crippen LogP contribution in [-0.2, 0) is 4.79 Å². The summed E-state index contributed by atoms with van der Waals surface area (Å²) in [6.45, 7) is 1.47. The van der Waals surface area contributed by atoms with E-state index in [1.165, 1.54) is 20.0 Å². The third-order valence-corrected chi connectivity index (χ3v) is 3.02. The SMILES string of the molecule is CNC(=O)CCOc1c([C@@H](C)O)cc(Br)cc1[N+](=O)[O-]. The van der Waals surface area contributed by atoms with E-state index in [4.69, 9.17) is 4.74 Å². The minimum absolute atomic E-state index is 0.0120. The first-order chi connectivity index (χ1) is 9.36. The van der Waals surface area contributed by atoms with E-state index < -0.39 is 11.0 Å². The van der Waals surface area contributed by atoms with Crippen molar-refractivity contribution in [2.24, 2.45) is 0 Å². The van der Waals surface area contributed by atoms with E-state index in [2.05, 4.69) is 21.2 Å². The standard InChI is InChI=1S/C12H15BrN2O5/c1-7(16)9-5-8(13)6-10(15(18)19)12(9)20-4-3-11(17)14-2/h5-7,16H,3-4H2,1-2H3,(H,14,17)/t7-/m1/s1. The normalized spacial score (nSPS) is 11.8. The molecule has 0 heterocycles. The van der Waals surface area contributed by atoms with Crippen molar-refractivity contribution in [3.05, 3.63) is 32.3 Å². The molecular weight excluding hydrogens is 332 g/mol. The summed E-state index contributed by atoms with van der Waals surface area (Å²) < 4.78 is 5.81. The minimum Gasteiger partial charge on any atom is -0.486 e. The Balaban J connectivity index is 3.07. The van der Waals surface area contributed by atoms with Gasteiger partial charge in [0.2, 0.25) is 11.7 Å². The topological polar surface area (TPSA) is 102 Å². The average molecular weight is 347 g/mol. The van der Waals surface area contributed by atoms with Gasteiger partial charge in [0.15, 0.2) is 0 Å². The summed E-state index contributed by atoms with van der Waals surface area (Å²) in [4.78, 5) is 21.6. The molecule has 8 heteroatoms. The molecule has 110 valence electrons. The number of ether oxygens (including phenoxy) is 1. The summed E-state index contributed by atoms with van der Waals surface area (Å²) >= 11 is 3.15. The number of aliphatic hydroxyl groups is 1. The van der Waals surface area contributed by atoms with Gasteiger partial charge < -0.3 is 15.2 Å². The fourth-order valence-corrected chi connectivity index (χ4v) is 2.04. The minimum atomic E-state index is -0.929. The van der Waals surface area contributed by atoms with E-state index in [-0.39, 0.29) is 30.4 Å². The van der Waals surface area contributed by atoms with E-state index >= 15 is 0 Å². The highest BCUT2D eigenvalue weighted by atomic mass is 79.9. The molecule has 0 saturated heterocycles. The highest BCUT2D eigenvalue weighted by Gasteiger charge is 2.23. The van der Waals surface area contributed by atoms with E-state index in [1.54, 1.807) is 6.07 Å². The van der Waals surface area contributed by atoms with Gasteiger partial charge in [-0.1, -0.05) is 15.9 Å². The lowest BCUT2D eigenvalue weighted by Crippen LogP contribution is -2.20. The molecule has 0 fully saturated rings. The molecule has 7 nitrogen and oxygen atoms in total. The lowest BCUT2D eigenvalue weighted by Gasteiger charge is -2.14. The number of rotatable bonds is 6. The Labute approximate surface area is 124 Å². The molecule has 0 bridgehead atoms. The lowest BCUT2D eigenvalue weighted by molar-refractivity contribution is -0.386. The van der Waals surface area contributed by atoms with Crippen LogP contribution in [0.5, 0.6) is 5.75 Å². The van der Waals surface area contributed by atoms with E-state index in [0.29, 0.717) is 10.0 Å². The Morgan fingerprint density at radius 1 is 1.60 bits per heavy atom. The molecule has 1 aromatic carbocycles. The van der Waals surface area contributed by atoms with Crippen LogP contribution >= 0.6 is 15.9 Å². The molecule has 2 N–H and O–H groups in total. The number of hydrogen-bond acceptors (Lipinski definition) is 5. The van der Waals surface area contributed by atoms with Crippen LogP contribution in [0, 0.1) is 10.1 Å². The van der Waals surface area contributed by atoms with Crippen molar-refractivity contribution in [3.8, 4) is 5.75 Å². The maximum Gasteiger partial charge on any atom is 0.312 e. The molecule has 1 atom stereocenters. The number of benzene rings is 1. The van der Waals surface area contributed by atoms with Gasteiger partial charge in [0.1, 0.15) is 0 Å². The van der Waals surface area contributed by atoms with Crippen LogP contribution < -0.4 is 10.1 Å². The van der Waals surface area contributed by atoms with Crippen molar-refractivity contribution < 1.29 is 19.6 Å². The van der Waals surface area contributed by atoms with Crippen molar-refractivity contribution in [1.82, 2.24) is 5.32 Å². The van der Waals surface area contributed by atoms with Gasteiger partial charge in [-0.25, -0.2) is 0 Å². The van der Waals surface area contributed by atoms with Crippen molar-refractivity contribution in [2.75, 3.05) is 13.7 Å². The number of carbonyl (C=O) groups excluding carboxylic acids is 1. The monoisotopic (exact) mass is 346 g/mol. The summed E-state index contributed by atoms with van der Waals surface area (Å²) in [6.07, 6.45) is -0.857. The molecule has 0 unspecified atom stereocenters. The molecule has 0 radical (unpaired) electrons. The first-order valence-corrected chi connectivity index (χ1v) is 6.65. The molecular formula is C12H15BrN2O5. The number of nitro groups is 1. The number of nitrogens with zero attached hydrogens (tertiary/aromatic N) is 1. The third-order valence-electron chi connectivity index (χ3n) is 2.56. The van der Waals surface area contributed by atoms with Crippen LogP contribution in [0.4, 0.5) is 5.69 Å². The first-order valence-electron chi connectivity index (χ1n) is 5.86. The van der Waals surface area contributed by atoms with Crippen LogP contribution in [0.1, 0.15) is 25.0 Å². The van der Waals surface area contributed by atoms with Crippen LogP contribution in [-0.4, -0.2) is 29.6 Å². The van der Waals surface area contributed by atoms with Gasteiger partial charge in [-0.15, -0.1) is 0 Å². The Morgan fingerprint density at radius 3 is 2.75 bits per heavy atom. The summed E-state index contributed by atoms with van der Waals surface area (Å²) in [5.41, 5.74) is 0.0372. The smallest absolute Gasteiger partial charge is 0.312 e. The number of aliphatic hydroxyl groups excluding tert-OH is 1. The number of carbonyl (C=O) groups is 1. The van der Waals surface area contributed by atoms with Gasteiger partial charge >= 0.3 is 5.69 Å². The van der Waals surface area contributed by atoms with Crippen molar-refractivity contribution in [3.63, 3.8) is 0 Å². The number of nitro benzene ring substituents is 1. The second kappa shape index (κ2) is 7.20. The summed E-state index contributed by atoms with van der Waals surface area (Å²) in [5.74, 6) is -0.250. The highest BCUT2D eigenvalue weighted by molar-refractivity contribution is 9.10. The molecule has 0 aliphatic rings. The van der Waals surface area contributed by atoms with Crippen LogP contribution in [0.15, 0.2) is 16.6 Å². The molecule has 0 spiro atoms. The van der Waals surface area contributed by atoms with E-state index in [1.807, 2.05) is 0 Å². The second-order valence-electron chi connectivity index (χ2n) is 4.05. The summed E-state index contributed by atoms with van der Waals surface area (Å²) in [6, 6.07) is 2.84. The zero-order valence-electron chi connectivity index (χ0n) is 11.1. The second-order valence-corrected chi connectivity index (χ2v) is 4.96. The molecule has 20 heavy (non-hydrogen) atoms. The quantitative estimate of drug-likeness (QED) is 0.605. The van der Waals surface area contributed by atoms with E-state index in [9.17, 15) is 20.0 Å². The van der Waals surface area contributed by atoms with Gasteiger partial charge in [0.25, 0.3) is 0 Å². The summed E-state index contributed by atoms with van der Waals surface area (Å²) in [7, 11) is 1.49. The Morgan fingerprint density at radius 2 is 2.25 bits per heavy atom. The van der Waals surface area contributed by atoms with Crippen LogP contribution in [0.3, 0.4) is 0 Å². The third kappa shape index (κ3) is 4.17. The predicted molar refractivity (Wildman–Crippen MR) is 75.6 cm³/mol. The fraction of sp³-hybridized carbons (Fsp3) is 0.417. The average Bonchev–Trinajstić information content (AvgIpc) is 2.38. The fourth-order valence-electron chi connectivity index (χ4n) is 1.57. The largest absolute Gasteiger partial charge is 0.486 e. The van der Waals surface area contributed by atoms with E-state index in [0.717, 1.165) is 0 Å². The van der Waals surface area contributed by atoms with Gasteiger partial charge in [-0.05, 0) is 13.0 Å². The molecule has 0 aromatic heterocycles. The number of amides is 1. The maximum atomic E-state index is 11.1. The zero-order chi connectivity index (χ0) is 15.3. The number of halogens is 1. The number of nitrogens with one attached hydrogen (secondary N) is 1. The predicted octanol–water partition coefficient (Wildman–Crippen LogP) is 1.93. The molecule has 0 aliphatic carbocycles. The summed E-state index contributed by atoms with van der Waals surface area (Å²) in [5, 5.41) is 23.2. The van der Waals surface area contributed by atoms with Gasteiger partial charge in [-0.3, -0.25) is 14.9 Å². The molecule has 1 aromatic rings. The molecule has 0 saturated carbocycles. The van der Waals surface area contributed by atoms with Crippen LogP contribution in [0.25, 0.3) is 0 Å². The Bertz CT molecular complexity index is 519. The first kappa shape index (κ1) is 16.4. The van der Waals surface area contributed by atoms with Gasteiger partial charge in [0, 0.05) is 23.2 Å². The van der Waals surface area contributed by atoms with Crippen molar-refractivity contribution >= 4 is 27.5 Å². The van der Waals surface area contributed by atoms with Gasteiger partial charge in [0.05, 0.1) is 24.1 Å². The van der Waals surface area contributed by atoms with Crippen LogP contribution in [0.2, 0.25) is 0 Å². The lowest BCUT2D eigenvalue weighted by atomic mass is 10.1. The van der Waals surface area contributed by atoms with Crippen molar-refractivity contribution in [1.29, 1.82) is 0 Å². The Kier molecular flexibility index (Phi) is 5.90. The molecule has 1 amide bonds. The maximum absolute atomic E-state index is 11.1. The molecule has 1 rings (SSSR count). The highest BCUT2D eigenvalue weighted by Crippen LogP contribution is 2.37. The zero-order valence-corrected chi connectivity index (χ0v) is 12.6. The number of hydrogen-bond donors (Lipinski definition) is 2. The Hall–Kier alpha value is -1.67.